The average molecular weight is 294 g/mol. The molecule has 21 heavy (non-hydrogen) atoms. The largest absolute Gasteiger partial charge is 0.454 e. The van der Waals surface area contributed by atoms with Gasteiger partial charge in [-0.25, -0.2) is 0 Å². The molecule has 0 bridgehead atoms. The van der Waals surface area contributed by atoms with Crippen molar-refractivity contribution in [2.45, 2.75) is 44.4 Å². The Morgan fingerprint density at radius 1 is 1.24 bits per heavy atom. The van der Waals surface area contributed by atoms with Crippen LogP contribution in [-0.2, 0) is 11.3 Å². The van der Waals surface area contributed by atoms with Gasteiger partial charge in [0.1, 0.15) is 18.7 Å². The molecule has 1 fully saturated rings. The van der Waals surface area contributed by atoms with Gasteiger partial charge in [-0.3, -0.25) is 0 Å². The van der Waals surface area contributed by atoms with E-state index < -0.39 is 5.60 Å². The molecule has 2 aliphatic heterocycles. The maximum atomic E-state index is 10.7. The molecule has 1 aromatic rings. The zero-order valence-electron chi connectivity index (χ0n) is 12.7. The lowest BCUT2D eigenvalue weighted by atomic mass is 9.84. The second-order valence-corrected chi connectivity index (χ2v) is 6.64. The monoisotopic (exact) mass is 294 g/mol. The van der Waals surface area contributed by atoms with E-state index in [1.807, 2.05) is 32.0 Å². The quantitative estimate of drug-likeness (QED) is 0.862. The predicted octanol–water partition coefficient (Wildman–Crippen LogP) is 0.799. The van der Waals surface area contributed by atoms with Gasteiger partial charge < -0.3 is 24.6 Å². The minimum absolute atomic E-state index is 0.237. The smallest absolute Gasteiger partial charge is 0.231 e. The van der Waals surface area contributed by atoms with Crippen LogP contribution in [0.1, 0.15) is 32.3 Å². The third-order valence-electron chi connectivity index (χ3n) is 4.16. The maximum Gasteiger partial charge on any atom is 0.231 e. The lowest BCUT2D eigenvalue weighted by Gasteiger charge is -2.40. The molecule has 0 spiro atoms. The predicted molar refractivity (Wildman–Crippen MR) is 77.3 cm³/mol. The fourth-order valence-electron chi connectivity index (χ4n) is 3.20. The normalized spacial score (nSPS) is 26.8. The molecule has 0 saturated carbocycles. The molecule has 0 radical (unpaired) electrons. The molecular weight excluding hydrogens is 270 g/mol. The third-order valence-corrected chi connectivity index (χ3v) is 4.16. The van der Waals surface area contributed by atoms with Gasteiger partial charge in [0, 0.05) is 18.4 Å². The number of rotatable bonds is 4. The Bertz CT molecular complexity index is 517. The second kappa shape index (κ2) is 5.48. The van der Waals surface area contributed by atoms with Gasteiger partial charge in [-0.15, -0.1) is 0 Å². The first kappa shape index (κ1) is 14.6. The zero-order valence-corrected chi connectivity index (χ0v) is 12.7. The van der Waals surface area contributed by atoms with Crippen LogP contribution >= 0.6 is 0 Å². The van der Waals surface area contributed by atoms with E-state index in [0.717, 1.165) is 18.0 Å². The average Bonchev–Trinajstić information content (AvgIpc) is 2.84. The van der Waals surface area contributed by atoms with Crippen LogP contribution in [0, 0.1) is 0 Å². The molecule has 2 aliphatic rings. The van der Waals surface area contributed by atoms with Gasteiger partial charge in [-0.2, -0.15) is 0 Å². The van der Waals surface area contributed by atoms with Crippen molar-refractivity contribution in [3.05, 3.63) is 23.8 Å². The third kappa shape index (κ3) is 3.48. The molecule has 5 nitrogen and oxygen atoms in total. The van der Waals surface area contributed by atoms with Gasteiger partial charge >= 0.3 is 0 Å². The Balaban J connectivity index is 1.54. The Kier molecular flexibility index (Phi) is 3.82. The van der Waals surface area contributed by atoms with E-state index in [-0.39, 0.29) is 5.60 Å². The molecule has 3 N–H and O–H groups in total. The summed E-state index contributed by atoms with van der Waals surface area (Å²) in [6.45, 7) is 6.51. The van der Waals surface area contributed by atoms with Crippen molar-refractivity contribution in [2.75, 3.05) is 19.9 Å². The van der Waals surface area contributed by atoms with E-state index in [1.165, 1.54) is 5.56 Å². The Labute approximate surface area is 125 Å². The van der Waals surface area contributed by atoms with E-state index >= 15 is 0 Å². The molecule has 0 aromatic heterocycles. The molecule has 0 amide bonds. The van der Waals surface area contributed by atoms with E-state index in [0.29, 0.717) is 32.8 Å². The highest BCUT2D eigenvalue weighted by Crippen LogP contribution is 2.32. The highest BCUT2D eigenvalue weighted by Gasteiger charge is 2.40. The van der Waals surface area contributed by atoms with Crippen LogP contribution in [0.2, 0.25) is 0 Å². The molecule has 2 heterocycles. The number of fused-ring (bicyclic) bond motifs is 1. The second-order valence-electron chi connectivity index (χ2n) is 6.64. The van der Waals surface area contributed by atoms with Crippen LogP contribution in [-0.4, -0.2) is 36.3 Å². The van der Waals surface area contributed by atoms with Crippen molar-refractivity contribution < 1.29 is 24.6 Å². The van der Waals surface area contributed by atoms with Crippen molar-refractivity contribution in [3.63, 3.8) is 0 Å². The first-order chi connectivity index (χ1) is 9.96. The van der Waals surface area contributed by atoms with Crippen molar-refractivity contribution in [1.29, 1.82) is 0 Å². The Hall–Kier alpha value is -1.30. The van der Waals surface area contributed by atoms with Crippen molar-refractivity contribution >= 4 is 0 Å². The number of benzene rings is 1. The molecule has 1 saturated heterocycles. The van der Waals surface area contributed by atoms with Crippen LogP contribution in [0.3, 0.4) is 0 Å². The lowest BCUT2D eigenvalue weighted by molar-refractivity contribution is -0.683. The van der Waals surface area contributed by atoms with Crippen LogP contribution in [0.25, 0.3) is 0 Å². The molecule has 3 rings (SSSR count). The van der Waals surface area contributed by atoms with Gasteiger partial charge in [-0.1, -0.05) is 0 Å². The Morgan fingerprint density at radius 2 is 2.05 bits per heavy atom. The van der Waals surface area contributed by atoms with Gasteiger partial charge in [0.15, 0.2) is 11.5 Å². The van der Waals surface area contributed by atoms with Gasteiger partial charge in [0.05, 0.1) is 12.2 Å². The molecule has 1 atom stereocenters. The lowest BCUT2D eigenvalue weighted by Crippen LogP contribution is -2.87. The van der Waals surface area contributed by atoms with E-state index in [4.69, 9.17) is 14.2 Å². The first-order valence-electron chi connectivity index (χ1n) is 7.52. The number of nitrogens with two attached hydrogens (primary N) is 1. The number of hydrogen-bond donors (Lipinski definition) is 2. The zero-order chi connectivity index (χ0) is 14.9. The number of hydrogen-bond acceptors (Lipinski definition) is 4. The summed E-state index contributed by atoms with van der Waals surface area (Å²) in [5, 5.41) is 12.8. The van der Waals surface area contributed by atoms with E-state index in [1.54, 1.807) is 0 Å². The summed E-state index contributed by atoms with van der Waals surface area (Å²) in [4.78, 5) is 0. The van der Waals surface area contributed by atoms with E-state index in [9.17, 15) is 5.11 Å². The van der Waals surface area contributed by atoms with Gasteiger partial charge in [0.2, 0.25) is 6.79 Å². The van der Waals surface area contributed by atoms with Crippen molar-refractivity contribution in [1.82, 2.24) is 0 Å². The minimum atomic E-state index is -0.641. The SMILES string of the molecule is CC1(C)C[C@](O)(C[NH2+]Cc2ccc3c(c2)OCO3)CCO1. The molecule has 5 heteroatoms. The molecule has 116 valence electrons. The summed E-state index contributed by atoms with van der Waals surface area (Å²) in [5.41, 5.74) is 0.298. The minimum Gasteiger partial charge on any atom is -0.454 e. The summed E-state index contributed by atoms with van der Waals surface area (Å²) >= 11 is 0. The molecular formula is C16H24NO4+. The Morgan fingerprint density at radius 3 is 2.86 bits per heavy atom. The fourth-order valence-corrected chi connectivity index (χ4v) is 3.20. The number of aliphatic hydroxyl groups is 1. The first-order valence-corrected chi connectivity index (χ1v) is 7.52. The molecule has 0 aliphatic carbocycles. The summed E-state index contributed by atoms with van der Waals surface area (Å²) in [5.74, 6) is 1.62. The number of ether oxygens (including phenoxy) is 3. The summed E-state index contributed by atoms with van der Waals surface area (Å²) < 4.78 is 16.4. The van der Waals surface area contributed by atoms with Gasteiger partial charge in [0.25, 0.3) is 0 Å². The van der Waals surface area contributed by atoms with Crippen LogP contribution in [0.5, 0.6) is 11.5 Å². The van der Waals surface area contributed by atoms with Gasteiger partial charge in [-0.05, 0) is 32.0 Å². The molecule has 1 aromatic carbocycles. The maximum absolute atomic E-state index is 10.7. The standard InChI is InChI=1S/C16H23NO4/c1-15(2)9-16(18,5-6-21-15)10-17-8-12-3-4-13-14(7-12)20-11-19-13/h3-4,7,17-18H,5-6,8-11H2,1-2H3/p+1/t16-/m0/s1. The van der Waals surface area contributed by atoms with Crippen LogP contribution in [0.4, 0.5) is 0 Å². The van der Waals surface area contributed by atoms with Crippen LogP contribution in [0.15, 0.2) is 18.2 Å². The van der Waals surface area contributed by atoms with E-state index in [2.05, 4.69) is 5.32 Å². The molecule has 0 unspecified atom stereocenters. The summed E-state index contributed by atoms with van der Waals surface area (Å²) in [7, 11) is 0. The fraction of sp³-hybridized carbons (Fsp3) is 0.625. The summed E-state index contributed by atoms with van der Waals surface area (Å²) in [6, 6.07) is 6.00. The van der Waals surface area contributed by atoms with Crippen molar-refractivity contribution in [2.24, 2.45) is 0 Å². The number of quaternary nitrogens is 1. The van der Waals surface area contributed by atoms with Crippen LogP contribution < -0.4 is 14.8 Å². The highest BCUT2D eigenvalue weighted by atomic mass is 16.7. The highest BCUT2D eigenvalue weighted by molar-refractivity contribution is 5.44. The summed E-state index contributed by atoms with van der Waals surface area (Å²) in [6.07, 6.45) is 1.38. The topological polar surface area (TPSA) is 64.5 Å². The van der Waals surface area contributed by atoms with Crippen molar-refractivity contribution in [3.8, 4) is 11.5 Å².